The number of aliphatic hydroxyl groups is 1. The Hall–Kier alpha value is -3.15. The number of aromatic hydroxyl groups is 2. The van der Waals surface area contributed by atoms with Gasteiger partial charge in [-0.15, -0.1) is 0 Å². The molecule has 4 rings (SSSR count). The quantitative estimate of drug-likeness (QED) is 0.278. The van der Waals surface area contributed by atoms with Crippen molar-refractivity contribution in [3.05, 3.63) is 56.7 Å². The van der Waals surface area contributed by atoms with E-state index in [4.69, 9.17) is 30.6 Å². The highest BCUT2D eigenvalue weighted by atomic mass is 35.5. The van der Waals surface area contributed by atoms with E-state index >= 15 is 0 Å². The molecule has 1 saturated heterocycles. The molecule has 2 atom stereocenters. The summed E-state index contributed by atoms with van der Waals surface area (Å²) in [5, 5.41) is 40.8. The van der Waals surface area contributed by atoms with Crippen LogP contribution < -0.4 is 5.43 Å². The van der Waals surface area contributed by atoms with E-state index < -0.39 is 29.2 Å². The first-order valence-corrected chi connectivity index (χ1v) is 12.6. The minimum absolute atomic E-state index is 0.00910. The summed E-state index contributed by atoms with van der Waals surface area (Å²) in [5.74, 6) is -1.97. The minimum atomic E-state index is -0.935. The SMILES string of the molecule is CN1CC[C@H](c2c(O)cc(O)c3c(=O)cc(-c4cccc(COCCOCCC(=O)O)c4Cl)oc23)[C@H](O)C1. The Morgan fingerprint density at radius 2 is 1.92 bits per heavy atom. The monoisotopic (exact) mass is 547 g/mol. The maximum atomic E-state index is 13.1. The molecule has 2 aromatic carbocycles. The minimum Gasteiger partial charge on any atom is -0.507 e. The molecular formula is C27H30ClNO9. The maximum absolute atomic E-state index is 13.1. The lowest BCUT2D eigenvalue weighted by molar-refractivity contribution is -0.138. The first-order chi connectivity index (χ1) is 18.2. The molecule has 0 unspecified atom stereocenters. The molecule has 0 bridgehead atoms. The summed E-state index contributed by atoms with van der Waals surface area (Å²) in [6, 6.07) is 7.51. The second kappa shape index (κ2) is 12.1. The Labute approximate surface area is 223 Å². The lowest BCUT2D eigenvalue weighted by Crippen LogP contribution is -2.40. The normalized spacial score (nSPS) is 18.2. The molecule has 11 heteroatoms. The summed E-state index contributed by atoms with van der Waals surface area (Å²) in [6.07, 6.45) is -0.371. The van der Waals surface area contributed by atoms with Crippen molar-refractivity contribution in [1.82, 2.24) is 4.90 Å². The Kier molecular flexibility index (Phi) is 8.91. The number of phenolic OH excluding ortho intramolecular Hbond substituents is 2. The summed E-state index contributed by atoms with van der Waals surface area (Å²) in [6.45, 7) is 1.74. The lowest BCUT2D eigenvalue weighted by Gasteiger charge is -2.34. The van der Waals surface area contributed by atoms with Crippen molar-refractivity contribution in [2.75, 3.05) is 40.0 Å². The molecule has 2 heterocycles. The topological polar surface area (TPSA) is 150 Å². The number of rotatable bonds is 10. The number of carbonyl (C=O) groups is 1. The molecule has 0 amide bonds. The Morgan fingerprint density at radius 1 is 1.16 bits per heavy atom. The maximum Gasteiger partial charge on any atom is 0.305 e. The number of carboxylic acid groups (broad SMARTS) is 1. The van der Waals surface area contributed by atoms with Crippen molar-refractivity contribution in [2.45, 2.75) is 31.5 Å². The fourth-order valence-electron chi connectivity index (χ4n) is 4.68. The molecule has 1 fully saturated rings. The van der Waals surface area contributed by atoms with Gasteiger partial charge in [0.25, 0.3) is 0 Å². The molecule has 3 aromatic rings. The predicted molar refractivity (Wildman–Crippen MR) is 140 cm³/mol. The molecule has 4 N–H and O–H groups in total. The van der Waals surface area contributed by atoms with Crippen molar-refractivity contribution in [1.29, 1.82) is 0 Å². The number of likely N-dealkylation sites (tertiary alicyclic amines) is 1. The average molecular weight is 548 g/mol. The van der Waals surface area contributed by atoms with Gasteiger partial charge in [0.15, 0.2) is 5.43 Å². The van der Waals surface area contributed by atoms with Gasteiger partial charge in [0, 0.05) is 35.7 Å². The molecule has 1 aliphatic rings. The molecule has 0 saturated carbocycles. The number of β-amino-alcohol motifs (C(OH)–C–C–N with tert-alkyl or cyclic N) is 1. The first-order valence-electron chi connectivity index (χ1n) is 12.2. The van der Waals surface area contributed by atoms with Crippen molar-refractivity contribution in [3.8, 4) is 22.8 Å². The Balaban J connectivity index is 1.64. The van der Waals surface area contributed by atoms with Crippen LogP contribution in [-0.2, 0) is 20.9 Å². The van der Waals surface area contributed by atoms with E-state index in [2.05, 4.69) is 0 Å². The van der Waals surface area contributed by atoms with Crippen LogP contribution in [0.2, 0.25) is 5.02 Å². The molecule has 38 heavy (non-hydrogen) atoms. The van der Waals surface area contributed by atoms with E-state index in [0.29, 0.717) is 35.7 Å². The third-order valence-corrected chi connectivity index (χ3v) is 7.03. The van der Waals surface area contributed by atoms with Crippen LogP contribution in [0.25, 0.3) is 22.3 Å². The van der Waals surface area contributed by atoms with E-state index in [1.807, 2.05) is 11.9 Å². The molecule has 1 aliphatic heterocycles. The van der Waals surface area contributed by atoms with Crippen molar-refractivity contribution < 1.29 is 39.1 Å². The van der Waals surface area contributed by atoms with Crippen LogP contribution in [0.4, 0.5) is 0 Å². The number of nitrogens with zero attached hydrogens (tertiary/aromatic N) is 1. The van der Waals surface area contributed by atoms with Crippen LogP contribution in [0.1, 0.15) is 29.9 Å². The number of hydrogen-bond donors (Lipinski definition) is 4. The summed E-state index contributed by atoms with van der Waals surface area (Å²) in [4.78, 5) is 25.6. The highest BCUT2D eigenvalue weighted by molar-refractivity contribution is 6.34. The average Bonchev–Trinajstić information content (AvgIpc) is 2.84. The van der Waals surface area contributed by atoms with Gasteiger partial charge in [-0.25, -0.2) is 0 Å². The van der Waals surface area contributed by atoms with Gasteiger partial charge in [-0.05, 0) is 31.6 Å². The number of aliphatic hydroxyl groups excluding tert-OH is 1. The van der Waals surface area contributed by atoms with Gasteiger partial charge >= 0.3 is 5.97 Å². The van der Waals surface area contributed by atoms with Gasteiger partial charge in [-0.1, -0.05) is 23.7 Å². The van der Waals surface area contributed by atoms with Crippen LogP contribution in [0.5, 0.6) is 11.5 Å². The van der Waals surface area contributed by atoms with Gasteiger partial charge < -0.3 is 39.2 Å². The molecule has 1 aromatic heterocycles. The largest absolute Gasteiger partial charge is 0.507 e. The third-order valence-electron chi connectivity index (χ3n) is 6.59. The van der Waals surface area contributed by atoms with Crippen LogP contribution in [0.15, 0.2) is 39.5 Å². The highest BCUT2D eigenvalue weighted by Gasteiger charge is 2.33. The second-order valence-corrected chi connectivity index (χ2v) is 9.70. The number of hydrogen-bond acceptors (Lipinski definition) is 9. The standard InChI is InChI=1S/C27H30ClNO9/c1-29-7-5-16(21(33)13-29)24-18(30)11-19(31)25-20(32)12-22(38-27(24)25)17-4-2-3-15(26(17)28)14-37-10-9-36-8-6-23(34)35/h2-4,11-12,16,21,30-31,33H,5-10,13-14H2,1H3,(H,34,35)/t16-,21+/m0/s1. The number of benzene rings is 2. The zero-order valence-corrected chi connectivity index (χ0v) is 21.6. The number of likely N-dealkylation sites (N-methyl/N-ethyl adjacent to an activating group) is 1. The lowest BCUT2D eigenvalue weighted by atomic mass is 9.85. The van der Waals surface area contributed by atoms with Gasteiger partial charge in [0.1, 0.15) is 28.2 Å². The number of halogens is 1. The zero-order chi connectivity index (χ0) is 27.4. The molecule has 0 radical (unpaired) electrons. The smallest absolute Gasteiger partial charge is 0.305 e. The van der Waals surface area contributed by atoms with E-state index in [0.717, 1.165) is 6.07 Å². The van der Waals surface area contributed by atoms with Crippen LogP contribution in [0.3, 0.4) is 0 Å². The van der Waals surface area contributed by atoms with E-state index in [-0.39, 0.29) is 60.9 Å². The van der Waals surface area contributed by atoms with E-state index in [1.165, 1.54) is 6.07 Å². The van der Waals surface area contributed by atoms with Crippen LogP contribution in [-0.4, -0.2) is 77.4 Å². The fourth-order valence-corrected chi connectivity index (χ4v) is 4.96. The summed E-state index contributed by atoms with van der Waals surface area (Å²) >= 11 is 6.65. The summed E-state index contributed by atoms with van der Waals surface area (Å²) < 4.78 is 16.9. The number of piperidine rings is 1. The van der Waals surface area contributed by atoms with Gasteiger partial charge in [-0.2, -0.15) is 0 Å². The fraction of sp³-hybridized carbons (Fsp3) is 0.407. The highest BCUT2D eigenvalue weighted by Crippen LogP contribution is 2.43. The summed E-state index contributed by atoms with van der Waals surface area (Å²) in [5.41, 5.74) is 0.814. The van der Waals surface area contributed by atoms with Gasteiger partial charge in [0.05, 0.1) is 44.0 Å². The predicted octanol–water partition coefficient (Wildman–Crippen LogP) is 3.31. The number of ether oxygens (including phenoxy) is 2. The van der Waals surface area contributed by atoms with Crippen LogP contribution >= 0.6 is 11.6 Å². The summed E-state index contributed by atoms with van der Waals surface area (Å²) in [7, 11) is 1.89. The molecule has 0 spiro atoms. The number of phenols is 2. The molecule has 0 aliphatic carbocycles. The third kappa shape index (κ3) is 6.11. The number of carboxylic acids is 1. The van der Waals surface area contributed by atoms with E-state index in [9.17, 15) is 24.9 Å². The molecular weight excluding hydrogens is 518 g/mol. The Bertz CT molecular complexity index is 1370. The molecule has 10 nitrogen and oxygen atoms in total. The zero-order valence-electron chi connectivity index (χ0n) is 20.9. The van der Waals surface area contributed by atoms with Crippen molar-refractivity contribution in [2.24, 2.45) is 0 Å². The van der Waals surface area contributed by atoms with E-state index in [1.54, 1.807) is 18.2 Å². The second-order valence-electron chi connectivity index (χ2n) is 9.32. The first kappa shape index (κ1) is 27.9. The Morgan fingerprint density at radius 3 is 2.66 bits per heavy atom. The molecule has 204 valence electrons. The van der Waals surface area contributed by atoms with Gasteiger partial charge in [-0.3, -0.25) is 9.59 Å². The van der Waals surface area contributed by atoms with Crippen molar-refractivity contribution >= 4 is 28.5 Å². The number of fused-ring (bicyclic) bond motifs is 1. The number of aliphatic carboxylic acids is 1. The van der Waals surface area contributed by atoms with Gasteiger partial charge in [0.2, 0.25) is 0 Å². The van der Waals surface area contributed by atoms with Crippen molar-refractivity contribution in [3.63, 3.8) is 0 Å². The van der Waals surface area contributed by atoms with Crippen LogP contribution in [0, 0.1) is 0 Å².